The fraction of sp³-hybridized carbons (Fsp3) is 0.120. The molecule has 0 fully saturated rings. The highest BCUT2D eigenvalue weighted by Gasteiger charge is 2.42. The zero-order chi connectivity index (χ0) is 20.7. The summed E-state index contributed by atoms with van der Waals surface area (Å²) in [5, 5.41) is 0.146. The maximum Gasteiger partial charge on any atom is 0.290 e. The van der Waals surface area contributed by atoms with E-state index in [1.807, 2.05) is 60.7 Å². The summed E-state index contributed by atoms with van der Waals surface area (Å²) in [7, 11) is 0. The standard InChI is InChI=1S/C25H18FNO3/c26-18-11-12-20-19(15-18)23(28)21-22(17-9-5-2-6-10-17)27(25(29)24(21)30-20)14-13-16-7-3-1-4-8-16/h1-12,15,22H,13-14H2. The predicted molar refractivity (Wildman–Crippen MR) is 112 cm³/mol. The van der Waals surface area contributed by atoms with Crippen molar-refractivity contribution in [1.82, 2.24) is 4.90 Å². The molecule has 4 nitrogen and oxygen atoms in total. The molecule has 5 rings (SSSR count). The summed E-state index contributed by atoms with van der Waals surface area (Å²) in [6.45, 7) is 0.427. The Balaban J connectivity index is 1.65. The summed E-state index contributed by atoms with van der Waals surface area (Å²) >= 11 is 0. The van der Waals surface area contributed by atoms with Crippen molar-refractivity contribution in [2.45, 2.75) is 12.5 Å². The Labute approximate surface area is 172 Å². The molecule has 1 aromatic heterocycles. The van der Waals surface area contributed by atoms with Gasteiger partial charge in [0.05, 0.1) is 17.0 Å². The van der Waals surface area contributed by atoms with Crippen LogP contribution in [0.1, 0.15) is 33.3 Å². The van der Waals surface area contributed by atoms with Crippen molar-refractivity contribution < 1.29 is 13.6 Å². The van der Waals surface area contributed by atoms with Crippen molar-refractivity contribution in [3.8, 4) is 0 Å². The summed E-state index contributed by atoms with van der Waals surface area (Å²) < 4.78 is 19.6. The third-order valence-corrected chi connectivity index (χ3v) is 5.53. The second-order valence-electron chi connectivity index (χ2n) is 7.36. The van der Waals surface area contributed by atoms with Crippen LogP contribution in [0.3, 0.4) is 0 Å². The summed E-state index contributed by atoms with van der Waals surface area (Å²) in [5.41, 5.74) is 2.04. The summed E-state index contributed by atoms with van der Waals surface area (Å²) in [6, 6.07) is 22.5. The van der Waals surface area contributed by atoms with E-state index >= 15 is 0 Å². The largest absolute Gasteiger partial charge is 0.450 e. The van der Waals surface area contributed by atoms with Crippen LogP contribution in [0, 0.1) is 5.82 Å². The SMILES string of the molecule is O=C1c2oc3ccc(F)cc3c(=O)c2C(c2ccccc2)N1CCc1ccccc1. The molecule has 1 aliphatic heterocycles. The molecular formula is C25H18FNO3. The second-order valence-corrected chi connectivity index (χ2v) is 7.36. The van der Waals surface area contributed by atoms with Gasteiger partial charge in [0.2, 0.25) is 5.76 Å². The lowest BCUT2D eigenvalue weighted by molar-refractivity contribution is 0.0730. The molecule has 148 valence electrons. The van der Waals surface area contributed by atoms with Crippen LogP contribution in [-0.4, -0.2) is 17.4 Å². The van der Waals surface area contributed by atoms with Crippen molar-refractivity contribution in [3.63, 3.8) is 0 Å². The quantitative estimate of drug-likeness (QED) is 0.499. The van der Waals surface area contributed by atoms with Gasteiger partial charge in [-0.2, -0.15) is 0 Å². The minimum atomic E-state index is -0.568. The molecule has 0 spiro atoms. The molecule has 30 heavy (non-hydrogen) atoms. The highest BCUT2D eigenvalue weighted by atomic mass is 19.1. The lowest BCUT2D eigenvalue weighted by Gasteiger charge is -2.25. The molecule has 0 bridgehead atoms. The third-order valence-electron chi connectivity index (χ3n) is 5.53. The van der Waals surface area contributed by atoms with Gasteiger partial charge in [-0.15, -0.1) is 0 Å². The molecule has 0 aliphatic carbocycles. The molecule has 4 aromatic rings. The zero-order valence-electron chi connectivity index (χ0n) is 16.0. The normalized spacial score (nSPS) is 15.6. The number of hydrogen-bond donors (Lipinski definition) is 0. The van der Waals surface area contributed by atoms with Crippen LogP contribution in [0.2, 0.25) is 0 Å². The molecule has 1 atom stereocenters. The molecule has 5 heteroatoms. The van der Waals surface area contributed by atoms with Gasteiger partial charge in [0.25, 0.3) is 5.91 Å². The molecule has 0 N–H and O–H groups in total. The van der Waals surface area contributed by atoms with Gasteiger partial charge in [0, 0.05) is 6.54 Å². The van der Waals surface area contributed by atoms with E-state index < -0.39 is 11.9 Å². The number of amides is 1. The van der Waals surface area contributed by atoms with Crippen LogP contribution in [0.4, 0.5) is 4.39 Å². The number of carbonyl (C=O) groups is 1. The van der Waals surface area contributed by atoms with E-state index in [-0.39, 0.29) is 33.6 Å². The number of fused-ring (bicyclic) bond motifs is 2. The lowest BCUT2D eigenvalue weighted by Crippen LogP contribution is -2.31. The van der Waals surface area contributed by atoms with Crippen LogP contribution in [0.5, 0.6) is 0 Å². The monoisotopic (exact) mass is 399 g/mol. The first-order chi connectivity index (χ1) is 14.6. The predicted octanol–water partition coefficient (Wildman–Crippen LogP) is 4.72. The Kier molecular flexibility index (Phi) is 4.43. The summed E-state index contributed by atoms with van der Waals surface area (Å²) in [5.74, 6) is -0.796. The Bertz CT molecular complexity index is 1300. The molecule has 1 amide bonds. The first kappa shape index (κ1) is 18.3. The van der Waals surface area contributed by atoms with Crippen LogP contribution in [0.15, 0.2) is 88.1 Å². The molecule has 0 saturated heterocycles. The van der Waals surface area contributed by atoms with Crippen LogP contribution in [0.25, 0.3) is 11.0 Å². The highest BCUT2D eigenvalue weighted by Crippen LogP contribution is 2.38. The minimum Gasteiger partial charge on any atom is -0.450 e. The van der Waals surface area contributed by atoms with E-state index in [0.717, 1.165) is 11.1 Å². The molecule has 0 radical (unpaired) electrons. The molecule has 2 heterocycles. The molecule has 0 saturated carbocycles. The van der Waals surface area contributed by atoms with E-state index in [1.165, 1.54) is 18.2 Å². The van der Waals surface area contributed by atoms with Gasteiger partial charge in [0.15, 0.2) is 5.43 Å². The average molecular weight is 399 g/mol. The number of halogens is 1. The van der Waals surface area contributed by atoms with Gasteiger partial charge < -0.3 is 9.32 Å². The molecular weight excluding hydrogens is 381 g/mol. The van der Waals surface area contributed by atoms with Crippen molar-refractivity contribution in [2.75, 3.05) is 6.54 Å². The highest BCUT2D eigenvalue weighted by molar-refractivity contribution is 5.99. The van der Waals surface area contributed by atoms with Gasteiger partial charge >= 0.3 is 0 Å². The van der Waals surface area contributed by atoms with Crippen LogP contribution < -0.4 is 5.43 Å². The summed E-state index contributed by atoms with van der Waals surface area (Å²) in [6.07, 6.45) is 0.645. The van der Waals surface area contributed by atoms with E-state index in [4.69, 9.17) is 4.42 Å². The second kappa shape index (κ2) is 7.26. The molecule has 1 unspecified atom stereocenters. The number of rotatable bonds is 4. The van der Waals surface area contributed by atoms with Gasteiger partial charge in [-0.3, -0.25) is 9.59 Å². The van der Waals surface area contributed by atoms with E-state index in [1.54, 1.807) is 4.90 Å². The zero-order valence-corrected chi connectivity index (χ0v) is 16.0. The number of nitrogens with zero attached hydrogens (tertiary/aromatic N) is 1. The Morgan fingerprint density at radius 3 is 2.33 bits per heavy atom. The Morgan fingerprint density at radius 2 is 1.60 bits per heavy atom. The van der Waals surface area contributed by atoms with Crippen molar-refractivity contribution in [2.24, 2.45) is 0 Å². The maximum absolute atomic E-state index is 13.8. The summed E-state index contributed by atoms with van der Waals surface area (Å²) in [4.78, 5) is 28.3. The smallest absolute Gasteiger partial charge is 0.290 e. The van der Waals surface area contributed by atoms with Gasteiger partial charge in [0.1, 0.15) is 11.4 Å². The van der Waals surface area contributed by atoms with E-state index in [2.05, 4.69) is 0 Å². The Hall–Kier alpha value is -3.73. The lowest BCUT2D eigenvalue weighted by atomic mass is 9.98. The number of carbonyl (C=O) groups excluding carboxylic acids is 1. The van der Waals surface area contributed by atoms with E-state index in [9.17, 15) is 14.0 Å². The van der Waals surface area contributed by atoms with Crippen molar-refractivity contribution in [1.29, 1.82) is 0 Å². The number of hydrogen-bond acceptors (Lipinski definition) is 3. The van der Waals surface area contributed by atoms with Crippen molar-refractivity contribution in [3.05, 3.63) is 117 Å². The molecule has 1 aliphatic rings. The van der Waals surface area contributed by atoms with Gasteiger partial charge in [-0.25, -0.2) is 4.39 Å². The van der Waals surface area contributed by atoms with Crippen LogP contribution in [-0.2, 0) is 6.42 Å². The first-order valence-electron chi connectivity index (χ1n) is 9.79. The topological polar surface area (TPSA) is 50.5 Å². The average Bonchev–Trinajstić information content (AvgIpc) is 3.06. The fourth-order valence-corrected chi connectivity index (χ4v) is 4.10. The third kappa shape index (κ3) is 2.99. The molecule has 3 aromatic carbocycles. The maximum atomic E-state index is 13.8. The van der Waals surface area contributed by atoms with E-state index in [0.29, 0.717) is 13.0 Å². The minimum absolute atomic E-state index is 0.0426. The van der Waals surface area contributed by atoms with Crippen LogP contribution >= 0.6 is 0 Å². The van der Waals surface area contributed by atoms with Gasteiger partial charge in [-0.1, -0.05) is 60.7 Å². The van der Waals surface area contributed by atoms with Gasteiger partial charge in [-0.05, 0) is 35.7 Å². The van der Waals surface area contributed by atoms with Crippen molar-refractivity contribution >= 4 is 16.9 Å². The first-order valence-corrected chi connectivity index (χ1v) is 9.79. The number of benzene rings is 3. The fourth-order valence-electron chi connectivity index (χ4n) is 4.10. The Morgan fingerprint density at radius 1 is 0.900 bits per heavy atom.